The molecule has 2 N–H and O–H groups in total. The van der Waals surface area contributed by atoms with Crippen LogP contribution in [0.5, 0.6) is 0 Å². The molecule has 1 saturated heterocycles. The van der Waals surface area contributed by atoms with Crippen molar-refractivity contribution in [2.45, 2.75) is 89.4 Å². The Labute approximate surface area is 189 Å². The van der Waals surface area contributed by atoms with Crippen LogP contribution in [-0.2, 0) is 19.0 Å². The van der Waals surface area contributed by atoms with Gasteiger partial charge in [-0.05, 0) is 61.3 Å². The average molecular weight is 453 g/mol. The van der Waals surface area contributed by atoms with E-state index in [9.17, 15) is 15.0 Å². The highest BCUT2D eigenvalue weighted by molar-refractivity contribution is 5.66. The first-order chi connectivity index (χ1) is 15.0. The van der Waals surface area contributed by atoms with Gasteiger partial charge in [-0.15, -0.1) is 0 Å². The number of rotatable bonds is 2. The minimum atomic E-state index is -1.57. The number of aliphatic hydroxyl groups excluding tert-OH is 1. The standard InChI is InChI=1S/C25H37FO6/c1-15(27)30-9-6-16-4-5-18-17-12-20(26)25(29)14-24(31-10-11-32-24)8-7-23(25,3)21(17)19(28)13-22(16,18)2/h6,17-21,28-29H,4-5,7-14H2,1-3H3/b16-6+/t17-,18+,19+,20-,21-,22+,23+,25-/m0/s1. The van der Waals surface area contributed by atoms with Gasteiger partial charge in [0.2, 0.25) is 0 Å². The molecule has 5 fully saturated rings. The maximum atomic E-state index is 15.9. The number of carbonyl (C=O) groups excluding carboxylic acids is 1. The van der Waals surface area contributed by atoms with E-state index in [0.29, 0.717) is 32.5 Å². The van der Waals surface area contributed by atoms with Crippen molar-refractivity contribution in [3.63, 3.8) is 0 Å². The van der Waals surface area contributed by atoms with Gasteiger partial charge in [0, 0.05) is 25.2 Å². The van der Waals surface area contributed by atoms with Crippen LogP contribution >= 0.6 is 0 Å². The molecule has 5 rings (SSSR count). The Bertz CT molecular complexity index is 808. The van der Waals surface area contributed by atoms with E-state index >= 15 is 4.39 Å². The van der Waals surface area contributed by atoms with E-state index < -0.39 is 29.1 Å². The molecule has 0 unspecified atom stereocenters. The lowest BCUT2D eigenvalue weighted by molar-refractivity contribution is -0.312. The maximum Gasteiger partial charge on any atom is 0.302 e. The van der Waals surface area contributed by atoms with Gasteiger partial charge in [0.1, 0.15) is 18.4 Å². The van der Waals surface area contributed by atoms with Crippen LogP contribution in [0.15, 0.2) is 11.6 Å². The lowest BCUT2D eigenvalue weighted by Crippen LogP contribution is -2.71. The molecular formula is C25H37FO6. The summed E-state index contributed by atoms with van der Waals surface area (Å²) in [5.41, 5.74) is -1.34. The molecule has 1 heterocycles. The molecule has 7 heteroatoms. The van der Waals surface area contributed by atoms with Crippen LogP contribution in [-0.4, -0.2) is 59.7 Å². The number of esters is 1. The number of halogens is 1. The maximum absolute atomic E-state index is 15.9. The largest absolute Gasteiger partial charge is 0.462 e. The zero-order valence-electron chi connectivity index (χ0n) is 19.4. The van der Waals surface area contributed by atoms with Crippen LogP contribution in [0.25, 0.3) is 0 Å². The molecule has 4 aliphatic carbocycles. The van der Waals surface area contributed by atoms with Crippen molar-refractivity contribution in [2.75, 3.05) is 19.8 Å². The molecule has 0 radical (unpaired) electrons. The molecule has 6 nitrogen and oxygen atoms in total. The molecule has 4 saturated carbocycles. The molecule has 32 heavy (non-hydrogen) atoms. The molecule has 0 aromatic carbocycles. The Balaban J connectivity index is 1.45. The van der Waals surface area contributed by atoms with Crippen molar-refractivity contribution in [2.24, 2.45) is 28.6 Å². The molecule has 8 atom stereocenters. The summed E-state index contributed by atoms with van der Waals surface area (Å²) in [6.45, 7) is 6.74. The van der Waals surface area contributed by atoms with Gasteiger partial charge >= 0.3 is 5.97 Å². The van der Waals surface area contributed by atoms with E-state index in [0.717, 1.165) is 12.8 Å². The summed E-state index contributed by atoms with van der Waals surface area (Å²) in [6, 6.07) is 0. The monoisotopic (exact) mass is 452 g/mol. The topological polar surface area (TPSA) is 85.2 Å². The molecule has 0 aromatic rings. The normalized spacial score (nSPS) is 50.7. The Morgan fingerprint density at radius 1 is 1.28 bits per heavy atom. The van der Waals surface area contributed by atoms with Crippen LogP contribution in [0.2, 0.25) is 0 Å². The van der Waals surface area contributed by atoms with Crippen LogP contribution in [0, 0.1) is 28.6 Å². The summed E-state index contributed by atoms with van der Waals surface area (Å²) in [6.07, 6.45) is 3.94. The molecule has 1 aliphatic heterocycles. The van der Waals surface area contributed by atoms with Gasteiger partial charge in [0.15, 0.2) is 5.79 Å². The summed E-state index contributed by atoms with van der Waals surface area (Å²) in [5.74, 6) is -1.11. The summed E-state index contributed by atoms with van der Waals surface area (Å²) < 4.78 is 32.8. The van der Waals surface area contributed by atoms with Crippen molar-refractivity contribution >= 4 is 5.97 Å². The zero-order valence-corrected chi connectivity index (χ0v) is 19.4. The first-order valence-corrected chi connectivity index (χ1v) is 12.2. The third kappa shape index (κ3) is 3.07. The number of carbonyl (C=O) groups is 1. The first kappa shape index (κ1) is 22.8. The lowest BCUT2D eigenvalue weighted by Gasteiger charge is -2.66. The molecular weight excluding hydrogens is 415 g/mol. The number of hydrogen-bond donors (Lipinski definition) is 2. The van der Waals surface area contributed by atoms with E-state index in [1.807, 2.05) is 13.0 Å². The number of fused-ring (bicyclic) bond motifs is 5. The first-order valence-electron chi connectivity index (χ1n) is 12.2. The van der Waals surface area contributed by atoms with E-state index in [-0.39, 0.29) is 48.6 Å². The van der Waals surface area contributed by atoms with Crippen LogP contribution in [0.1, 0.15) is 65.7 Å². The van der Waals surface area contributed by atoms with Gasteiger partial charge in [-0.3, -0.25) is 4.79 Å². The van der Waals surface area contributed by atoms with E-state index in [1.165, 1.54) is 12.5 Å². The molecule has 5 aliphatic rings. The van der Waals surface area contributed by atoms with Gasteiger partial charge in [-0.2, -0.15) is 0 Å². The van der Waals surface area contributed by atoms with Gasteiger partial charge in [0.25, 0.3) is 0 Å². The van der Waals surface area contributed by atoms with Crippen LogP contribution in [0.3, 0.4) is 0 Å². The highest BCUT2D eigenvalue weighted by Gasteiger charge is 2.71. The number of hydrogen-bond acceptors (Lipinski definition) is 6. The quantitative estimate of drug-likeness (QED) is 0.494. The second kappa shape index (κ2) is 7.49. The van der Waals surface area contributed by atoms with Gasteiger partial charge < -0.3 is 24.4 Å². The van der Waals surface area contributed by atoms with Gasteiger partial charge in [-0.25, -0.2) is 4.39 Å². The fourth-order valence-electron chi connectivity index (χ4n) is 8.49. The third-order valence-electron chi connectivity index (χ3n) is 10.0. The van der Waals surface area contributed by atoms with E-state index in [4.69, 9.17) is 14.2 Å². The average Bonchev–Trinajstić information content (AvgIpc) is 3.29. The van der Waals surface area contributed by atoms with Gasteiger partial charge in [0.05, 0.1) is 19.3 Å². The summed E-state index contributed by atoms with van der Waals surface area (Å²) in [5, 5.41) is 23.3. The summed E-state index contributed by atoms with van der Waals surface area (Å²) >= 11 is 0. The Kier molecular flexibility index (Phi) is 5.33. The molecule has 0 amide bonds. The van der Waals surface area contributed by atoms with Crippen molar-refractivity contribution in [3.8, 4) is 0 Å². The molecule has 1 spiro atoms. The SMILES string of the molecule is CC(=O)OC/C=C1\CC[C@@H]2[C@@H]3C[C@H](F)[C@@]4(O)CC5(CC[C@]4(C)[C@@H]3[C@H](O)C[C@]12C)OCCO5. The Morgan fingerprint density at radius 2 is 2.00 bits per heavy atom. The van der Waals surface area contributed by atoms with Crippen molar-refractivity contribution in [3.05, 3.63) is 11.6 Å². The number of alkyl halides is 1. The van der Waals surface area contributed by atoms with Gasteiger partial charge in [-0.1, -0.05) is 19.4 Å². The van der Waals surface area contributed by atoms with E-state index in [2.05, 4.69) is 6.92 Å². The highest BCUT2D eigenvalue weighted by atomic mass is 19.1. The highest BCUT2D eigenvalue weighted by Crippen LogP contribution is 2.69. The summed E-state index contributed by atoms with van der Waals surface area (Å²) in [7, 11) is 0. The molecule has 180 valence electrons. The fraction of sp³-hybridized carbons (Fsp3) is 0.880. The second-order valence-electron chi connectivity index (χ2n) is 11.4. The Morgan fingerprint density at radius 3 is 2.69 bits per heavy atom. The fourth-order valence-corrected chi connectivity index (χ4v) is 8.49. The minimum absolute atomic E-state index is 0.00288. The number of ether oxygens (including phenoxy) is 3. The van der Waals surface area contributed by atoms with E-state index in [1.54, 1.807) is 0 Å². The van der Waals surface area contributed by atoms with Crippen molar-refractivity contribution < 1.29 is 33.6 Å². The minimum Gasteiger partial charge on any atom is -0.462 e. The third-order valence-corrected chi connectivity index (χ3v) is 10.0. The summed E-state index contributed by atoms with van der Waals surface area (Å²) in [4.78, 5) is 11.2. The molecule has 0 aromatic heterocycles. The second-order valence-corrected chi connectivity index (χ2v) is 11.4. The number of aliphatic hydroxyl groups is 2. The lowest BCUT2D eigenvalue weighted by atomic mass is 9.42. The zero-order chi connectivity index (χ0) is 22.9. The van der Waals surface area contributed by atoms with Crippen LogP contribution < -0.4 is 0 Å². The Hall–Kier alpha value is -1.02. The smallest absolute Gasteiger partial charge is 0.302 e. The number of allylic oxidation sites excluding steroid dienone is 1. The van der Waals surface area contributed by atoms with Crippen molar-refractivity contribution in [1.29, 1.82) is 0 Å². The van der Waals surface area contributed by atoms with Crippen LogP contribution in [0.4, 0.5) is 4.39 Å². The predicted molar refractivity (Wildman–Crippen MR) is 114 cm³/mol. The van der Waals surface area contributed by atoms with Crippen molar-refractivity contribution in [1.82, 2.24) is 0 Å². The molecule has 0 bridgehead atoms. The predicted octanol–water partition coefficient (Wildman–Crippen LogP) is 3.30.